The molecule has 1 aliphatic heterocycles. The molecule has 3 rings (SSSR count). The van der Waals surface area contributed by atoms with E-state index in [1.165, 1.54) is 12.1 Å². The van der Waals surface area contributed by atoms with E-state index in [4.69, 9.17) is 4.74 Å². The highest BCUT2D eigenvalue weighted by Crippen LogP contribution is 2.24. The molecule has 0 bridgehead atoms. The molecule has 0 saturated carbocycles. The minimum Gasteiger partial charge on any atom is -0.381 e. The van der Waals surface area contributed by atoms with Crippen molar-refractivity contribution in [3.8, 4) is 0 Å². The first kappa shape index (κ1) is 14.2. The maximum atomic E-state index is 13.5. The van der Waals surface area contributed by atoms with Gasteiger partial charge in [0.15, 0.2) is 5.78 Å². The van der Waals surface area contributed by atoms with Crippen LogP contribution < -0.4 is 0 Å². The molecule has 1 atom stereocenters. The number of ketones is 1. The number of fused-ring (bicyclic) bond motifs is 1. The minimum atomic E-state index is -0.343. The molecule has 2 aromatic rings. The van der Waals surface area contributed by atoms with Gasteiger partial charge in [-0.25, -0.2) is 4.39 Å². The van der Waals surface area contributed by atoms with Crippen molar-refractivity contribution >= 4 is 16.7 Å². The summed E-state index contributed by atoms with van der Waals surface area (Å²) in [6.45, 7) is 5.86. The quantitative estimate of drug-likeness (QED) is 0.813. The summed E-state index contributed by atoms with van der Waals surface area (Å²) < 4.78 is 20.7. The Balaban J connectivity index is 2.05. The monoisotopic (exact) mass is 290 g/mol. The number of rotatable bonds is 4. The normalized spacial score (nSPS) is 18.8. The highest BCUT2D eigenvalue weighted by molar-refractivity contribution is 6.06. The Bertz CT molecular complexity index is 672. The molecule has 1 aromatic heterocycles. The van der Waals surface area contributed by atoms with Crippen LogP contribution in [0.2, 0.25) is 0 Å². The zero-order valence-electron chi connectivity index (χ0n) is 12.3. The van der Waals surface area contributed by atoms with Crippen LogP contribution in [0.15, 0.2) is 18.2 Å². The number of carbonyl (C=O) groups excluding carboxylic acids is 1. The highest BCUT2D eigenvalue weighted by atomic mass is 19.1. The molecule has 0 amide bonds. The van der Waals surface area contributed by atoms with E-state index < -0.39 is 0 Å². The van der Waals surface area contributed by atoms with Gasteiger partial charge in [-0.1, -0.05) is 13.8 Å². The lowest BCUT2D eigenvalue weighted by Crippen LogP contribution is -2.14. The van der Waals surface area contributed by atoms with Crippen molar-refractivity contribution in [1.82, 2.24) is 9.78 Å². The Labute approximate surface area is 122 Å². The van der Waals surface area contributed by atoms with E-state index in [2.05, 4.69) is 5.10 Å². The Morgan fingerprint density at radius 2 is 2.33 bits per heavy atom. The van der Waals surface area contributed by atoms with Crippen molar-refractivity contribution in [3.05, 3.63) is 29.7 Å². The molecular formula is C16H19FN2O2. The first-order chi connectivity index (χ1) is 10.1. The predicted molar refractivity (Wildman–Crippen MR) is 77.8 cm³/mol. The van der Waals surface area contributed by atoms with Gasteiger partial charge < -0.3 is 4.74 Å². The number of ether oxygens (including phenoxy) is 1. The van der Waals surface area contributed by atoms with Crippen molar-refractivity contribution in [2.75, 3.05) is 13.2 Å². The summed E-state index contributed by atoms with van der Waals surface area (Å²) in [7, 11) is 0. The zero-order chi connectivity index (χ0) is 15.0. The van der Waals surface area contributed by atoms with Gasteiger partial charge >= 0.3 is 0 Å². The van der Waals surface area contributed by atoms with Gasteiger partial charge in [0.05, 0.1) is 12.1 Å². The molecule has 0 aliphatic carbocycles. The number of aromatic nitrogens is 2. The lowest BCUT2D eigenvalue weighted by Gasteiger charge is -2.08. The average Bonchev–Trinajstić information content (AvgIpc) is 3.06. The summed E-state index contributed by atoms with van der Waals surface area (Å²) in [6, 6.07) is 4.51. The maximum absolute atomic E-state index is 13.5. The minimum absolute atomic E-state index is 0.0491. The molecule has 2 heterocycles. The topological polar surface area (TPSA) is 44.1 Å². The van der Waals surface area contributed by atoms with Gasteiger partial charge in [-0.3, -0.25) is 9.48 Å². The van der Waals surface area contributed by atoms with Crippen molar-refractivity contribution in [2.24, 2.45) is 11.8 Å². The smallest absolute Gasteiger partial charge is 0.186 e. The van der Waals surface area contributed by atoms with Crippen LogP contribution in [-0.2, 0) is 11.3 Å². The molecule has 21 heavy (non-hydrogen) atoms. The molecule has 0 radical (unpaired) electrons. The van der Waals surface area contributed by atoms with Crippen molar-refractivity contribution in [2.45, 2.75) is 26.8 Å². The van der Waals surface area contributed by atoms with Gasteiger partial charge in [0.2, 0.25) is 0 Å². The number of nitrogens with zero attached hydrogens (tertiary/aromatic N) is 2. The Morgan fingerprint density at radius 3 is 3.00 bits per heavy atom. The number of halogens is 1. The number of benzene rings is 1. The summed E-state index contributed by atoms with van der Waals surface area (Å²) in [4.78, 5) is 12.3. The van der Waals surface area contributed by atoms with Gasteiger partial charge in [0, 0.05) is 30.4 Å². The SMILES string of the molecule is CC(C)C(=O)c1nn(CC2CCOC2)c2ccc(F)cc12. The van der Waals surface area contributed by atoms with Gasteiger partial charge in [0.25, 0.3) is 0 Å². The molecule has 1 unspecified atom stereocenters. The predicted octanol–water partition coefficient (Wildman–Crippen LogP) is 3.05. The molecule has 1 aliphatic rings. The number of Topliss-reactive ketones (excluding diaryl/α,β-unsaturated/α-hetero) is 1. The summed E-state index contributed by atoms with van der Waals surface area (Å²) >= 11 is 0. The second-order valence-electron chi connectivity index (χ2n) is 5.94. The molecule has 0 spiro atoms. The van der Waals surface area contributed by atoms with E-state index in [0.29, 0.717) is 23.5 Å². The third-order valence-electron chi connectivity index (χ3n) is 3.93. The van der Waals surface area contributed by atoms with Crippen LogP contribution in [0.25, 0.3) is 10.9 Å². The van der Waals surface area contributed by atoms with E-state index in [9.17, 15) is 9.18 Å². The first-order valence-electron chi connectivity index (χ1n) is 7.34. The third-order valence-corrected chi connectivity index (χ3v) is 3.93. The van der Waals surface area contributed by atoms with Crippen LogP contribution in [0.3, 0.4) is 0 Å². The van der Waals surface area contributed by atoms with E-state index >= 15 is 0 Å². The van der Waals surface area contributed by atoms with Crippen molar-refractivity contribution in [1.29, 1.82) is 0 Å². The van der Waals surface area contributed by atoms with Gasteiger partial charge in [-0.05, 0) is 24.6 Å². The summed E-state index contributed by atoms with van der Waals surface area (Å²) in [6.07, 6.45) is 0.996. The molecule has 1 fully saturated rings. The molecule has 1 saturated heterocycles. The lowest BCUT2D eigenvalue weighted by atomic mass is 10.0. The second-order valence-corrected chi connectivity index (χ2v) is 5.94. The number of hydrogen-bond donors (Lipinski definition) is 0. The van der Waals surface area contributed by atoms with Crippen LogP contribution in [-0.4, -0.2) is 28.8 Å². The average molecular weight is 290 g/mol. The second kappa shape index (κ2) is 5.56. The van der Waals surface area contributed by atoms with Crippen LogP contribution in [0.4, 0.5) is 4.39 Å². The zero-order valence-corrected chi connectivity index (χ0v) is 12.3. The van der Waals surface area contributed by atoms with Crippen LogP contribution >= 0.6 is 0 Å². The summed E-state index contributed by atoms with van der Waals surface area (Å²) in [5, 5.41) is 5.06. The summed E-state index contributed by atoms with van der Waals surface area (Å²) in [5.74, 6) is -0.147. The van der Waals surface area contributed by atoms with Gasteiger partial charge in [-0.2, -0.15) is 5.10 Å². The molecule has 112 valence electrons. The molecule has 0 N–H and O–H groups in total. The third kappa shape index (κ3) is 2.70. The largest absolute Gasteiger partial charge is 0.381 e. The fourth-order valence-corrected chi connectivity index (χ4v) is 2.72. The van der Waals surface area contributed by atoms with E-state index in [1.807, 2.05) is 18.5 Å². The Hall–Kier alpha value is -1.75. The molecular weight excluding hydrogens is 271 g/mol. The fourth-order valence-electron chi connectivity index (χ4n) is 2.72. The van der Waals surface area contributed by atoms with Gasteiger partial charge in [0.1, 0.15) is 11.5 Å². The number of carbonyl (C=O) groups is 1. The van der Waals surface area contributed by atoms with Crippen molar-refractivity contribution < 1.29 is 13.9 Å². The van der Waals surface area contributed by atoms with E-state index in [0.717, 1.165) is 25.2 Å². The Kier molecular flexibility index (Phi) is 3.76. The highest BCUT2D eigenvalue weighted by Gasteiger charge is 2.23. The van der Waals surface area contributed by atoms with Crippen LogP contribution in [0.5, 0.6) is 0 Å². The Morgan fingerprint density at radius 1 is 1.52 bits per heavy atom. The van der Waals surface area contributed by atoms with Crippen LogP contribution in [0.1, 0.15) is 30.8 Å². The molecule has 5 heteroatoms. The van der Waals surface area contributed by atoms with Crippen molar-refractivity contribution in [3.63, 3.8) is 0 Å². The maximum Gasteiger partial charge on any atom is 0.186 e. The van der Waals surface area contributed by atoms with Gasteiger partial charge in [-0.15, -0.1) is 0 Å². The van der Waals surface area contributed by atoms with E-state index in [-0.39, 0.29) is 17.5 Å². The molecule has 4 nitrogen and oxygen atoms in total. The first-order valence-corrected chi connectivity index (χ1v) is 7.34. The van der Waals surface area contributed by atoms with E-state index in [1.54, 1.807) is 6.07 Å². The number of hydrogen-bond acceptors (Lipinski definition) is 3. The lowest BCUT2D eigenvalue weighted by molar-refractivity contribution is 0.0935. The standard InChI is InChI=1S/C16H19FN2O2/c1-10(2)16(20)15-13-7-12(17)3-4-14(13)19(18-15)8-11-5-6-21-9-11/h3-4,7,10-11H,5-6,8-9H2,1-2H3. The molecule has 1 aromatic carbocycles. The fraction of sp³-hybridized carbons (Fsp3) is 0.500. The summed E-state index contributed by atoms with van der Waals surface area (Å²) in [5.41, 5.74) is 1.19. The van der Waals surface area contributed by atoms with Crippen LogP contribution in [0, 0.1) is 17.7 Å².